The molecule has 1 aliphatic rings. The molecule has 1 aromatic heterocycles. The van der Waals surface area contributed by atoms with Crippen LogP contribution in [0.1, 0.15) is 39.0 Å². The molecule has 0 unspecified atom stereocenters. The van der Waals surface area contributed by atoms with E-state index in [1.807, 2.05) is 17.0 Å². The summed E-state index contributed by atoms with van der Waals surface area (Å²) in [4.78, 5) is 8.91. The molecule has 5 nitrogen and oxygen atoms in total. The highest BCUT2D eigenvalue weighted by Gasteiger charge is 2.21. The lowest BCUT2D eigenvalue weighted by atomic mass is 10.2. The molecule has 25 heavy (non-hydrogen) atoms. The van der Waals surface area contributed by atoms with Gasteiger partial charge < -0.3 is 4.90 Å². The highest BCUT2D eigenvalue weighted by Crippen LogP contribution is 2.16. The number of halogens is 1. The van der Waals surface area contributed by atoms with Crippen molar-refractivity contribution in [2.24, 2.45) is 0 Å². The second-order valence-electron chi connectivity index (χ2n) is 5.92. The number of hydrogen-bond acceptors (Lipinski definition) is 4. The van der Waals surface area contributed by atoms with Crippen LogP contribution in [0.3, 0.4) is 0 Å². The van der Waals surface area contributed by atoms with Gasteiger partial charge >= 0.3 is 0 Å². The Bertz CT molecular complexity index is 735. The largest absolute Gasteiger partial charge is 0.354 e. The van der Waals surface area contributed by atoms with Crippen LogP contribution in [0, 0.1) is 11.8 Å². The molecule has 136 valence electrons. The maximum atomic E-state index is 11.6. The van der Waals surface area contributed by atoms with Crippen molar-refractivity contribution in [3.8, 4) is 11.8 Å². The van der Waals surface area contributed by atoms with Gasteiger partial charge in [-0.15, -0.1) is 5.92 Å². The van der Waals surface area contributed by atoms with Crippen LogP contribution in [0.25, 0.3) is 0 Å². The second-order valence-corrected chi connectivity index (χ2v) is 7.78. The van der Waals surface area contributed by atoms with Crippen LogP contribution in [0.15, 0.2) is 22.8 Å². The van der Waals surface area contributed by atoms with E-state index < -0.39 is 10.3 Å². The standard InChI is InChI=1S/C18H24BrN3O2S/c1-2-3-4-5-6-7-8-18(25(23)24)22-13-11-21(12-14-22)17-10-9-16(19)15-20-17/h9-10,15H,2-5,8,11-14H2,1H3. The van der Waals surface area contributed by atoms with Gasteiger partial charge in [-0.3, -0.25) is 4.90 Å². The summed E-state index contributed by atoms with van der Waals surface area (Å²) >= 11 is 3.38. The van der Waals surface area contributed by atoms with Gasteiger partial charge in [0.1, 0.15) is 10.8 Å². The van der Waals surface area contributed by atoms with Gasteiger partial charge in [0.15, 0.2) is 0 Å². The molecule has 0 aliphatic carbocycles. The predicted molar refractivity (Wildman–Crippen MR) is 106 cm³/mol. The van der Waals surface area contributed by atoms with Crippen molar-refractivity contribution < 1.29 is 8.42 Å². The number of nitrogens with zero attached hydrogens (tertiary/aromatic N) is 3. The van der Waals surface area contributed by atoms with Gasteiger partial charge in [-0.05, 0) is 34.5 Å². The average molecular weight is 426 g/mol. The first-order chi connectivity index (χ1) is 12.1. The van der Waals surface area contributed by atoms with Gasteiger partial charge in [-0.25, -0.2) is 4.98 Å². The lowest BCUT2D eigenvalue weighted by Gasteiger charge is -2.34. The Morgan fingerprint density at radius 1 is 1.20 bits per heavy atom. The molecule has 0 atom stereocenters. The molecule has 0 amide bonds. The van der Waals surface area contributed by atoms with E-state index in [0.29, 0.717) is 24.5 Å². The zero-order valence-electron chi connectivity index (χ0n) is 14.5. The van der Waals surface area contributed by atoms with E-state index in [1.54, 1.807) is 6.20 Å². The van der Waals surface area contributed by atoms with E-state index in [9.17, 15) is 8.42 Å². The number of aromatic nitrogens is 1. The molecule has 0 radical (unpaired) electrons. The molecule has 1 aliphatic heterocycles. The molecule has 0 aromatic carbocycles. The first kappa shape index (κ1) is 20.0. The van der Waals surface area contributed by atoms with E-state index in [4.69, 9.17) is 0 Å². The van der Waals surface area contributed by atoms with Gasteiger partial charge in [0.2, 0.25) is 10.3 Å². The Kier molecular flexibility index (Phi) is 8.45. The Morgan fingerprint density at radius 2 is 1.96 bits per heavy atom. The molecule has 0 spiro atoms. The summed E-state index contributed by atoms with van der Waals surface area (Å²) in [5.74, 6) is 7.03. The minimum atomic E-state index is -2.22. The molecule has 2 rings (SSSR count). The third kappa shape index (κ3) is 6.46. The van der Waals surface area contributed by atoms with Crippen molar-refractivity contribution >= 4 is 37.0 Å². The minimum absolute atomic E-state index is 0.304. The number of piperazine rings is 1. The van der Waals surface area contributed by atoms with Gasteiger partial charge in [-0.1, -0.05) is 25.7 Å². The highest BCUT2D eigenvalue weighted by atomic mass is 79.9. The fourth-order valence-corrected chi connectivity index (χ4v) is 3.52. The lowest BCUT2D eigenvalue weighted by Crippen LogP contribution is -2.49. The fourth-order valence-electron chi connectivity index (χ4n) is 2.71. The number of pyridine rings is 1. The summed E-state index contributed by atoms with van der Waals surface area (Å²) in [5, 5.41) is 0. The van der Waals surface area contributed by atoms with Gasteiger partial charge in [0.05, 0.1) is 6.42 Å². The van der Waals surface area contributed by atoms with E-state index >= 15 is 0 Å². The van der Waals surface area contributed by atoms with Gasteiger partial charge in [0.25, 0.3) is 0 Å². The summed E-state index contributed by atoms with van der Waals surface area (Å²) in [6.07, 6.45) is 6.35. The average Bonchev–Trinajstić information content (AvgIpc) is 2.62. The van der Waals surface area contributed by atoms with E-state index in [1.165, 1.54) is 12.8 Å². The molecule has 1 aromatic rings. The highest BCUT2D eigenvalue weighted by molar-refractivity contribution is 9.10. The first-order valence-corrected chi connectivity index (χ1v) is 10.5. The fraction of sp³-hybridized carbons (Fsp3) is 0.556. The number of rotatable bonds is 5. The lowest BCUT2D eigenvalue weighted by molar-refractivity contribution is 0.385. The third-order valence-corrected chi connectivity index (χ3v) is 5.39. The topological polar surface area (TPSA) is 53.5 Å². The van der Waals surface area contributed by atoms with Crippen LogP contribution in [0.5, 0.6) is 0 Å². The predicted octanol–water partition coefficient (Wildman–Crippen LogP) is 2.95. The van der Waals surface area contributed by atoms with Crippen molar-refractivity contribution in [2.75, 3.05) is 31.1 Å². The molecular weight excluding hydrogens is 402 g/mol. The quantitative estimate of drug-likeness (QED) is 0.412. The summed E-state index contributed by atoms with van der Waals surface area (Å²) in [5.41, 5.74) is 0. The zero-order chi connectivity index (χ0) is 18.1. The van der Waals surface area contributed by atoms with Crippen molar-refractivity contribution in [1.29, 1.82) is 0 Å². The molecule has 0 bridgehead atoms. The van der Waals surface area contributed by atoms with Crippen LogP contribution in [0.4, 0.5) is 5.82 Å². The summed E-state index contributed by atoms with van der Waals surface area (Å²) in [6, 6.07) is 3.94. The van der Waals surface area contributed by atoms with Crippen LogP contribution >= 0.6 is 15.9 Å². The first-order valence-electron chi connectivity index (χ1n) is 8.64. The van der Waals surface area contributed by atoms with Crippen molar-refractivity contribution in [3.05, 3.63) is 22.8 Å². The van der Waals surface area contributed by atoms with E-state index in [-0.39, 0.29) is 0 Å². The Labute approximate surface area is 160 Å². The smallest absolute Gasteiger partial charge is 0.229 e. The summed E-state index contributed by atoms with van der Waals surface area (Å²) in [7, 11) is -2.22. The van der Waals surface area contributed by atoms with E-state index in [2.05, 4.69) is 44.6 Å². The van der Waals surface area contributed by atoms with Crippen LogP contribution in [-0.2, 0) is 10.3 Å². The summed E-state index contributed by atoms with van der Waals surface area (Å²) in [6.45, 7) is 4.99. The van der Waals surface area contributed by atoms with E-state index in [0.717, 1.165) is 36.2 Å². The molecule has 1 saturated heterocycles. The molecular formula is C18H24BrN3O2S. The zero-order valence-corrected chi connectivity index (χ0v) is 16.9. The maximum Gasteiger partial charge on any atom is 0.229 e. The third-order valence-electron chi connectivity index (χ3n) is 4.13. The van der Waals surface area contributed by atoms with Gasteiger partial charge in [0, 0.05) is 43.3 Å². The molecule has 0 N–H and O–H groups in total. The summed E-state index contributed by atoms with van der Waals surface area (Å²) < 4.78 is 24.1. The number of anilines is 1. The molecule has 2 heterocycles. The van der Waals surface area contributed by atoms with Crippen LogP contribution in [-0.4, -0.2) is 49.5 Å². The van der Waals surface area contributed by atoms with Crippen molar-refractivity contribution in [2.45, 2.75) is 39.0 Å². The Balaban J connectivity index is 1.90. The SMILES string of the molecule is CCCCCC#CCC(N1CCN(c2ccc(Br)cn2)CC1)=S(=O)=O. The van der Waals surface area contributed by atoms with Crippen molar-refractivity contribution in [3.63, 3.8) is 0 Å². The molecule has 1 fully saturated rings. The van der Waals surface area contributed by atoms with Crippen LogP contribution < -0.4 is 4.90 Å². The Hall–Kier alpha value is -1.36. The molecule has 0 saturated carbocycles. The minimum Gasteiger partial charge on any atom is -0.354 e. The maximum absolute atomic E-state index is 11.6. The monoisotopic (exact) mass is 425 g/mol. The second kappa shape index (κ2) is 10.6. The Morgan fingerprint density at radius 3 is 2.56 bits per heavy atom. The van der Waals surface area contributed by atoms with Crippen LogP contribution in [0.2, 0.25) is 0 Å². The normalized spacial score (nSPS) is 14.7. The van der Waals surface area contributed by atoms with Gasteiger partial charge in [-0.2, -0.15) is 8.42 Å². The van der Waals surface area contributed by atoms with Crippen molar-refractivity contribution in [1.82, 2.24) is 9.88 Å². The number of hydrogen-bond donors (Lipinski definition) is 0. The number of unbranched alkanes of at least 4 members (excludes halogenated alkanes) is 3. The molecule has 7 heteroatoms.